The summed E-state index contributed by atoms with van der Waals surface area (Å²) < 4.78 is 47.7. The maximum Gasteiger partial charge on any atom is 0.472 e. The van der Waals surface area contributed by atoms with Crippen LogP contribution < -0.4 is 0 Å². The Bertz CT molecular complexity index is 1040. The molecule has 0 saturated heterocycles. The number of phosphoric ester groups is 2. The number of rotatable bonds is 41. The lowest BCUT2D eigenvalue weighted by Gasteiger charge is -2.20. The van der Waals surface area contributed by atoms with Gasteiger partial charge in [0.05, 0.1) is 19.8 Å². The highest BCUT2D eigenvalue weighted by Crippen LogP contribution is 2.43. The lowest BCUT2D eigenvalue weighted by molar-refractivity contribution is -0.161. The van der Waals surface area contributed by atoms with Crippen molar-refractivity contribution in [2.75, 3.05) is 26.4 Å². The average Bonchev–Trinajstić information content (AvgIpc) is 3.14. The fraction of sp³-hybridized carbons (Fsp3) is 0.900. The van der Waals surface area contributed by atoms with Crippen LogP contribution in [0, 0.1) is 0 Å². The first-order chi connectivity index (χ1) is 26.4. The molecule has 4 N–H and O–H groups in total. The summed E-state index contributed by atoms with van der Waals surface area (Å²) in [5, 5.41) is 9.73. The van der Waals surface area contributed by atoms with Crippen molar-refractivity contribution in [2.24, 2.45) is 0 Å². The highest BCUT2D eigenvalue weighted by atomic mass is 31.2. The number of aliphatic hydroxyl groups is 1. The van der Waals surface area contributed by atoms with Crippen molar-refractivity contribution >= 4 is 27.6 Å². The molecule has 0 saturated carbocycles. The van der Waals surface area contributed by atoms with Crippen molar-refractivity contribution in [1.29, 1.82) is 0 Å². The molecule has 0 aromatic rings. The van der Waals surface area contributed by atoms with Crippen LogP contribution in [-0.4, -0.2) is 70.4 Å². The fourth-order valence-corrected chi connectivity index (χ4v) is 7.03. The molecular formula is C40H78O13P2. The van der Waals surface area contributed by atoms with Gasteiger partial charge in [0.15, 0.2) is 6.10 Å². The van der Waals surface area contributed by atoms with E-state index < -0.39 is 59.6 Å². The molecule has 0 aromatic heterocycles. The Morgan fingerprint density at radius 1 is 0.509 bits per heavy atom. The van der Waals surface area contributed by atoms with Crippen LogP contribution in [0.25, 0.3) is 0 Å². The minimum Gasteiger partial charge on any atom is -0.462 e. The van der Waals surface area contributed by atoms with E-state index in [-0.39, 0.29) is 19.4 Å². The molecule has 0 aliphatic heterocycles. The number of carbonyl (C=O) groups is 2. The van der Waals surface area contributed by atoms with Crippen molar-refractivity contribution in [3.05, 3.63) is 12.2 Å². The summed E-state index contributed by atoms with van der Waals surface area (Å²) in [4.78, 5) is 52.6. The second-order valence-electron chi connectivity index (χ2n) is 14.6. The minimum atomic E-state index is -4.86. The molecule has 0 heterocycles. The Balaban J connectivity index is 4.51. The fourth-order valence-electron chi connectivity index (χ4n) is 5.87. The number of ether oxygens (including phenoxy) is 2. The summed E-state index contributed by atoms with van der Waals surface area (Å²) in [6.45, 7) is 1.76. The van der Waals surface area contributed by atoms with Crippen LogP contribution in [0.4, 0.5) is 0 Å². The number of esters is 2. The van der Waals surface area contributed by atoms with E-state index in [1.807, 2.05) is 0 Å². The molecule has 0 bridgehead atoms. The van der Waals surface area contributed by atoms with E-state index in [0.29, 0.717) is 12.8 Å². The van der Waals surface area contributed by atoms with Gasteiger partial charge < -0.3 is 29.3 Å². The first-order valence-electron chi connectivity index (χ1n) is 21.4. The van der Waals surface area contributed by atoms with Crippen molar-refractivity contribution in [1.82, 2.24) is 0 Å². The van der Waals surface area contributed by atoms with Gasteiger partial charge in [-0.15, -0.1) is 0 Å². The Morgan fingerprint density at radius 3 is 1.36 bits per heavy atom. The predicted octanol–water partition coefficient (Wildman–Crippen LogP) is 10.6. The molecule has 0 aromatic carbocycles. The van der Waals surface area contributed by atoms with Crippen LogP contribution in [0.15, 0.2) is 12.2 Å². The molecule has 1 unspecified atom stereocenters. The Hall–Kier alpha value is -1.14. The van der Waals surface area contributed by atoms with Crippen LogP contribution in [-0.2, 0) is 41.8 Å². The van der Waals surface area contributed by atoms with Crippen LogP contribution >= 0.6 is 15.6 Å². The van der Waals surface area contributed by atoms with Gasteiger partial charge in [-0.05, 0) is 38.5 Å². The lowest BCUT2D eigenvalue weighted by atomic mass is 10.0. The maximum atomic E-state index is 12.6. The second kappa shape index (κ2) is 37.2. The van der Waals surface area contributed by atoms with Gasteiger partial charge in [-0.3, -0.25) is 23.2 Å². The molecule has 0 rings (SSSR count). The zero-order chi connectivity index (χ0) is 40.9. The lowest BCUT2D eigenvalue weighted by Crippen LogP contribution is -2.30. The van der Waals surface area contributed by atoms with Gasteiger partial charge in [0.25, 0.3) is 0 Å². The molecular weight excluding hydrogens is 750 g/mol. The van der Waals surface area contributed by atoms with E-state index in [0.717, 1.165) is 57.8 Å². The number of hydrogen-bond acceptors (Lipinski definition) is 10. The molecule has 0 aliphatic carbocycles. The van der Waals surface area contributed by atoms with Crippen molar-refractivity contribution < 1.29 is 61.6 Å². The summed E-state index contributed by atoms with van der Waals surface area (Å²) >= 11 is 0. The molecule has 0 spiro atoms. The number of phosphoric acid groups is 2. The monoisotopic (exact) mass is 828 g/mol. The highest BCUT2D eigenvalue weighted by molar-refractivity contribution is 7.47. The van der Waals surface area contributed by atoms with Gasteiger partial charge in [0, 0.05) is 12.8 Å². The number of allylic oxidation sites excluding steroid dienone is 2. The number of unbranched alkanes of at least 4 members (excludes halogenated alkanes) is 23. The minimum absolute atomic E-state index is 0.135. The van der Waals surface area contributed by atoms with Crippen LogP contribution in [0.1, 0.15) is 194 Å². The van der Waals surface area contributed by atoms with Crippen molar-refractivity contribution in [3.8, 4) is 0 Å². The summed E-state index contributed by atoms with van der Waals surface area (Å²) in [5.41, 5.74) is 0. The largest absolute Gasteiger partial charge is 0.472 e. The highest BCUT2D eigenvalue weighted by Gasteiger charge is 2.28. The van der Waals surface area contributed by atoms with E-state index in [1.54, 1.807) is 0 Å². The molecule has 0 fully saturated rings. The summed E-state index contributed by atoms with van der Waals surface area (Å²) in [7, 11) is -9.66. The van der Waals surface area contributed by atoms with Gasteiger partial charge in [-0.2, -0.15) is 0 Å². The quantitative estimate of drug-likeness (QED) is 0.0197. The number of carbonyl (C=O) groups excluding carboxylic acids is 2. The molecule has 326 valence electrons. The van der Waals surface area contributed by atoms with Gasteiger partial charge in [-0.1, -0.05) is 154 Å². The molecule has 0 amide bonds. The van der Waals surface area contributed by atoms with Gasteiger partial charge in [0.2, 0.25) is 0 Å². The third-order valence-corrected chi connectivity index (χ3v) is 10.6. The molecule has 0 radical (unpaired) electrons. The van der Waals surface area contributed by atoms with E-state index in [9.17, 15) is 28.7 Å². The Kier molecular flexibility index (Phi) is 36.4. The van der Waals surface area contributed by atoms with Gasteiger partial charge >= 0.3 is 27.6 Å². The van der Waals surface area contributed by atoms with E-state index in [4.69, 9.17) is 23.8 Å². The second-order valence-corrected chi connectivity index (χ2v) is 17.3. The Morgan fingerprint density at radius 2 is 0.891 bits per heavy atom. The smallest absolute Gasteiger partial charge is 0.462 e. The van der Waals surface area contributed by atoms with E-state index in [2.05, 4.69) is 35.0 Å². The van der Waals surface area contributed by atoms with E-state index in [1.165, 1.54) is 96.3 Å². The van der Waals surface area contributed by atoms with Crippen molar-refractivity contribution in [3.63, 3.8) is 0 Å². The summed E-state index contributed by atoms with van der Waals surface area (Å²) in [5.74, 6) is -1.03. The molecule has 13 nitrogen and oxygen atoms in total. The zero-order valence-electron chi connectivity index (χ0n) is 34.3. The normalized spacial score (nSPS) is 14.2. The Labute approximate surface area is 332 Å². The molecule has 15 heteroatoms. The average molecular weight is 829 g/mol. The first kappa shape index (κ1) is 53.9. The first-order valence-corrected chi connectivity index (χ1v) is 24.4. The van der Waals surface area contributed by atoms with Gasteiger partial charge in [-0.25, -0.2) is 9.13 Å². The maximum absolute atomic E-state index is 12.6. The summed E-state index contributed by atoms with van der Waals surface area (Å²) in [6, 6.07) is 0. The standard InChI is InChI=1S/C40H78O13P2/c1-3-5-7-9-11-13-15-17-18-20-22-24-26-28-30-32-40(43)53-38(36-52-55(47,48)51-34-37(41)33-50-54(44,45)46)35-49-39(42)31-29-27-25-23-21-19-16-14-12-10-8-6-4-2/h14,16,37-38,41H,3-13,15,17-36H2,1-2H3,(H,47,48)(H2,44,45,46)/b16-14-/t37-,38+/m0/s1. The van der Waals surface area contributed by atoms with Crippen LogP contribution in [0.5, 0.6) is 0 Å². The molecule has 55 heavy (non-hydrogen) atoms. The SMILES string of the molecule is CCCCCC/C=C\CCCCCCCC(=O)OC[C@H](COP(=O)(O)OC[C@@H](O)COP(=O)(O)O)OC(=O)CCCCCCCCCCCCCCCCC. The van der Waals surface area contributed by atoms with Crippen molar-refractivity contribution in [2.45, 2.75) is 206 Å². The van der Waals surface area contributed by atoms with Gasteiger partial charge in [0.1, 0.15) is 12.7 Å². The molecule has 0 aliphatic rings. The topological polar surface area (TPSA) is 195 Å². The number of aliphatic hydroxyl groups excluding tert-OH is 1. The third-order valence-electron chi connectivity index (χ3n) is 9.14. The molecule has 3 atom stereocenters. The summed E-state index contributed by atoms with van der Waals surface area (Å²) in [6.07, 6.45) is 32.0. The zero-order valence-corrected chi connectivity index (χ0v) is 36.1. The van der Waals surface area contributed by atoms with Crippen LogP contribution in [0.3, 0.4) is 0 Å². The van der Waals surface area contributed by atoms with E-state index >= 15 is 0 Å². The predicted molar refractivity (Wildman–Crippen MR) is 216 cm³/mol. The number of hydrogen-bond donors (Lipinski definition) is 4. The van der Waals surface area contributed by atoms with Crippen LogP contribution in [0.2, 0.25) is 0 Å². The third kappa shape index (κ3) is 40.8.